The van der Waals surface area contributed by atoms with Crippen molar-refractivity contribution in [2.24, 2.45) is 0 Å². The Morgan fingerprint density at radius 1 is 1.04 bits per heavy atom. The van der Waals surface area contributed by atoms with Crippen molar-refractivity contribution in [2.75, 3.05) is 96.9 Å². The molecule has 0 bridgehead atoms. The van der Waals surface area contributed by atoms with Crippen LogP contribution in [0.3, 0.4) is 0 Å². The van der Waals surface area contributed by atoms with E-state index in [0.717, 1.165) is 26.1 Å². The van der Waals surface area contributed by atoms with Crippen molar-refractivity contribution in [3.63, 3.8) is 0 Å². The first-order valence-corrected chi connectivity index (χ1v) is 19.4. The maximum Gasteiger partial charge on any atom is 0.340 e. The molecule has 49 heavy (non-hydrogen) atoms. The van der Waals surface area contributed by atoms with Gasteiger partial charge in [-0.1, -0.05) is 5.92 Å². The van der Waals surface area contributed by atoms with Gasteiger partial charge in [0.2, 0.25) is 5.28 Å². The molecule has 4 heterocycles. The highest BCUT2D eigenvalue weighted by Crippen LogP contribution is 2.55. The molecule has 276 valence electrons. The molecule has 0 amide bonds. The number of hydrogen-bond acceptors (Lipinski definition) is 15. The molecule has 2 aromatic rings. The van der Waals surface area contributed by atoms with Crippen LogP contribution in [0.15, 0.2) is 6.20 Å². The van der Waals surface area contributed by atoms with E-state index in [1.807, 2.05) is 11.9 Å². The number of terminal acetylenes is 1. The lowest BCUT2D eigenvalue weighted by atomic mass is 10.1. The molecule has 2 saturated heterocycles. The molecular weight excluding hydrogens is 714 g/mol. The number of hydrogen-bond donors (Lipinski definition) is 5. The van der Waals surface area contributed by atoms with E-state index in [0.29, 0.717) is 57.5 Å². The number of fused-ring (bicyclic) bond motifs is 1. The third-order valence-corrected chi connectivity index (χ3v) is 11.4. The minimum absolute atomic E-state index is 0.0804. The normalized spacial score (nSPS) is 24.4. The number of anilines is 1. The van der Waals surface area contributed by atoms with Gasteiger partial charge in [-0.2, -0.15) is 15.1 Å². The molecule has 22 heteroatoms. The fourth-order valence-corrected chi connectivity index (χ4v) is 8.09. The van der Waals surface area contributed by atoms with Gasteiger partial charge < -0.3 is 58.0 Å². The summed E-state index contributed by atoms with van der Waals surface area (Å²) >= 11 is 6.31. The predicted molar refractivity (Wildman–Crippen MR) is 174 cm³/mol. The van der Waals surface area contributed by atoms with Crippen LogP contribution in [0, 0.1) is 12.3 Å². The van der Waals surface area contributed by atoms with Crippen LogP contribution in [0.1, 0.15) is 12.6 Å². The number of nitrogens with zero attached hydrogens (tertiary/aromatic N) is 6. The minimum atomic E-state index is -4.86. The molecule has 19 nitrogen and oxygen atoms in total. The second kappa shape index (κ2) is 18.6. The third-order valence-electron chi connectivity index (χ3n) is 7.77. The van der Waals surface area contributed by atoms with E-state index in [1.165, 1.54) is 10.9 Å². The van der Waals surface area contributed by atoms with Crippen molar-refractivity contribution < 1.29 is 62.2 Å². The molecule has 2 aromatic heterocycles. The monoisotopic (exact) mass is 756 g/mol. The van der Waals surface area contributed by atoms with E-state index in [-0.39, 0.29) is 23.6 Å². The molecule has 2 unspecified atom stereocenters. The quantitative estimate of drug-likeness (QED) is 0.0473. The van der Waals surface area contributed by atoms with Gasteiger partial charge in [0.05, 0.1) is 64.4 Å². The lowest BCUT2D eigenvalue weighted by Gasteiger charge is -2.26. The molecule has 0 aliphatic carbocycles. The number of aliphatic hydroxyl groups excluding tert-OH is 2. The van der Waals surface area contributed by atoms with E-state index in [2.05, 4.69) is 25.9 Å². The zero-order valence-electron chi connectivity index (χ0n) is 26.9. The Bertz CT molecular complexity index is 1490. The van der Waals surface area contributed by atoms with Crippen LogP contribution in [-0.2, 0) is 37.3 Å². The van der Waals surface area contributed by atoms with Gasteiger partial charge in [-0.15, -0.1) is 6.42 Å². The van der Waals surface area contributed by atoms with Crippen molar-refractivity contribution >= 4 is 43.6 Å². The Morgan fingerprint density at radius 3 is 2.35 bits per heavy atom. The number of likely N-dealkylation sites (tertiary alicyclic amines) is 1. The van der Waals surface area contributed by atoms with Gasteiger partial charge in [0.25, 0.3) is 0 Å². The molecule has 5 N–H and O–H groups in total. The summed E-state index contributed by atoms with van der Waals surface area (Å²) in [6.07, 6.45) is 1.66. The van der Waals surface area contributed by atoms with Crippen LogP contribution in [-0.4, -0.2) is 166 Å². The first-order valence-electron chi connectivity index (χ1n) is 15.4. The number of ether oxygens (including phenoxy) is 5. The van der Waals surface area contributed by atoms with Crippen molar-refractivity contribution in [3.05, 3.63) is 11.5 Å². The lowest BCUT2D eigenvalue weighted by Crippen LogP contribution is -2.36. The molecule has 0 spiro atoms. The second-order valence-electron chi connectivity index (χ2n) is 11.4. The van der Waals surface area contributed by atoms with Crippen LogP contribution >= 0.6 is 26.8 Å². The maximum atomic E-state index is 12.0. The van der Waals surface area contributed by atoms with Crippen LogP contribution in [0.4, 0.5) is 5.82 Å². The Labute approximate surface area is 288 Å². The Kier molecular flexibility index (Phi) is 15.2. The minimum Gasteiger partial charge on any atom is -0.387 e. The highest BCUT2D eigenvalue weighted by Gasteiger charge is 2.46. The number of aliphatic hydroxyl groups is 2. The first kappa shape index (κ1) is 40.0. The molecule has 2 aliphatic heterocycles. The van der Waals surface area contributed by atoms with E-state index >= 15 is 0 Å². The summed E-state index contributed by atoms with van der Waals surface area (Å²) in [4.78, 5) is 40.7. The molecule has 4 rings (SSSR count). The highest BCUT2D eigenvalue weighted by atomic mass is 35.5. The fourth-order valence-electron chi connectivity index (χ4n) is 5.36. The van der Waals surface area contributed by atoms with Gasteiger partial charge in [0.1, 0.15) is 30.7 Å². The van der Waals surface area contributed by atoms with E-state index in [4.69, 9.17) is 56.0 Å². The first-order chi connectivity index (χ1) is 23.3. The summed E-state index contributed by atoms with van der Waals surface area (Å²) in [7, 11) is -7.69. The highest BCUT2D eigenvalue weighted by molar-refractivity contribution is 7.70. The molecular formula is C27H43ClN6O13P2. The largest absolute Gasteiger partial charge is 0.387 e. The predicted octanol–water partition coefficient (Wildman–Crippen LogP) is -0.354. The van der Waals surface area contributed by atoms with Crippen molar-refractivity contribution in [2.45, 2.75) is 37.0 Å². The molecule has 0 radical (unpaired) electrons. The van der Waals surface area contributed by atoms with Crippen molar-refractivity contribution in [3.8, 4) is 12.3 Å². The summed E-state index contributed by atoms with van der Waals surface area (Å²) in [6, 6.07) is 0.0804. The Balaban J connectivity index is 1.25. The fraction of sp³-hybridized carbons (Fsp3) is 0.741. The average molecular weight is 757 g/mol. The molecule has 0 aromatic carbocycles. The van der Waals surface area contributed by atoms with Gasteiger partial charge in [0, 0.05) is 32.7 Å². The third kappa shape index (κ3) is 11.9. The molecule has 0 saturated carbocycles. The van der Waals surface area contributed by atoms with Gasteiger partial charge in [-0.3, -0.25) is 14.0 Å². The van der Waals surface area contributed by atoms with Gasteiger partial charge in [0.15, 0.2) is 17.8 Å². The number of aromatic nitrogens is 4. The van der Waals surface area contributed by atoms with Gasteiger partial charge >= 0.3 is 15.2 Å². The summed E-state index contributed by atoms with van der Waals surface area (Å²) < 4.78 is 56.6. The topological polar surface area (TPSA) is 241 Å². The van der Waals surface area contributed by atoms with Crippen LogP contribution < -0.4 is 4.90 Å². The maximum absolute atomic E-state index is 12.0. The Morgan fingerprint density at radius 2 is 1.69 bits per heavy atom. The van der Waals surface area contributed by atoms with E-state index in [1.54, 1.807) is 0 Å². The van der Waals surface area contributed by atoms with Crippen molar-refractivity contribution in [1.29, 1.82) is 0 Å². The summed E-state index contributed by atoms with van der Waals surface area (Å²) in [5.74, 6) is 1.48. The van der Waals surface area contributed by atoms with Crippen LogP contribution in [0.5, 0.6) is 0 Å². The Hall–Kier alpha value is -1.82. The number of rotatable bonds is 21. The average Bonchev–Trinajstić information content (AvgIpc) is 3.75. The SMILES string of the molecule is C#CCOCCOCCOCCOCCN1CCC(N(C)c2nc(Cl)nc3c2cnn3[C@@H]2O[C@H](COP(=O)(O)CP(=O)(O)O)[C@@H](O)[C@H]2O)C1. The van der Waals surface area contributed by atoms with E-state index in [9.17, 15) is 24.2 Å². The summed E-state index contributed by atoms with van der Waals surface area (Å²) in [5, 5.41) is 26.0. The molecule has 6 atom stereocenters. The zero-order chi connectivity index (χ0) is 35.6. The molecule has 2 fully saturated rings. The van der Waals surface area contributed by atoms with Crippen LogP contribution in [0.2, 0.25) is 5.28 Å². The number of halogens is 1. The summed E-state index contributed by atoms with van der Waals surface area (Å²) in [5.41, 5.74) is 0.208. The molecule has 2 aliphatic rings. The number of likely N-dealkylation sites (N-methyl/N-ethyl adjacent to an activating group) is 1. The smallest absolute Gasteiger partial charge is 0.340 e. The van der Waals surface area contributed by atoms with Crippen LogP contribution in [0.25, 0.3) is 11.0 Å². The standard InChI is InChI=1S/C27H43ClN6O13P2/c1-3-7-42-9-11-44-13-14-45-12-10-43-8-6-33-5-4-19(16-33)32(2)24-20-15-29-34(25(20)31-27(28)30-24)26-23(36)22(35)21(47-26)17-46-49(40,41)18-48(37,38)39/h1,15,19,21-23,26,35-36H,4-14,16-18H2,2H3,(H,40,41)(H2,37,38,39)/t19?,21-,22-,23-,26-/m1/s1. The van der Waals surface area contributed by atoms with Gasteiger partial charge in [-0.05, 0) is 18.0 Å². The second-order valence-corrected chi connectivity index (χ2v) is 15.7. The van der Waals surface area contributed by atoms with Crippen molar-refractivity contribution in [1.82, 2.24) is 24.6 Å². The summed E-state index contributed by atoms with van der Waals surface area (Å²) in [6.45, 7) is 5.15. The zero-order valence-corrected chi connectivity index (χ0v) is 29.4. The van der Waals surface area contributed by atoms with E-state index < -0.39 is 52.2 Å². The lowest BCUT2D eigenvalue weighted by molar-refractivity contribution is -0.0541. The van der Waals surface area contributed by atoms with Gasteiger partial charge in [-0.25, -0.2) is 4.68 Å².